The highest BCUT2D eigenvalue weighted by molar-refractivity contribution is 5.86. The molecule has 1 rings (SSSR count). The van der Waals surface area contributed by atoms with Crippen LogP contribution in [0.1, 0.15) is 25.3 Å². The fraction of sp³-hybridized carbons (Fsp3) is 0.500. The summed E-state index contributed by atoms with van der Waals surface area (Å²) in [5, 5.41) is 0. The van der Waals surface area contributed by atoms with Gasteiger partial charge in [-0.05, 0) is 12.5 Å². The van der Waals surface area contributed by atoms with Crippen LogP contribution in [0.15, 0.2) is 18.3 Å². The van der Waals surface area contributed by atoms with Crippen LogP contribution in [0.5, 0.6) is 0 Å². The zero-order chi connectivity index (χ0) is 12.0. The second-order valence-corrected chi connectivity index (χ2v) is 3.70. The summed E-state index contributed by atoms with van der Waals surface area (Å²) in [5.41, 5.74) is 6.45. The Hall–Kier alpha value is -1.42. The van der Waals surface area contributed by atoms with Gasteiger partial charge in [0.25, 0.3) is 0 Å². The first-order valence-corrected chi connectivity index (χ1v) is 5.44. The molecule has 88 valence electrons. The largest absolute Gasteiger partial charge is 0.383 e. The fourth-order valence-corrected chi connectivity index (χ4v) is 1.57. The number of carbonyl (C=O) groups excluding carboxylic acids is 1. The minimum absolute atomic E-state index is 0.0593. The van der Waals surface area contributed by atoms with E-state index in [0.29, 0.717) is 5.82 Å². The Kier molecular flexibility index (Phi) is 4.92. The molecular weight excluding hydrogens is 204 g/mol. The number of ether oxygens (including phenoxy) is 1. The van der Waals surface area contributed by atoms with E-state index in [1.54, 1.807) is 19.4 Å². The standard InChI is InChI=1S/C12H18N2O2/c1-3-5-11(16-2)10(15)8-9-6-4-7-14-12(9)13/h4,6-7,11H,3,5,8H2,1-2H3,(H2,13,14). The first-order valence-electron chi connectivity index (χ1n) is 5.44. The SMILES string of the molecule is CCCC(OC)C(=O)Cc1cccnc1N. The van der Waals surface area contributed by atoms with Crippen LogP contribution in [-0.4, -0.2) is 24.0 Å². The third-order valence-electron chi connectivity index (χ3n) is 2.49. The van der Waals surface area contributed by atoms with Gasteiger partial charge >= 0.3 is 0 Å². The number of nitrogen functional groups attached to an aromatic ring is 1. The van der Waals surface area contributed by atoms with Gasteiger partial charge in [-0.2, -0.15) is 0 Å². The van der Waals surface area contributed by atoms with Crippen molar-refractivity contribution in [3.8, 4) is 0 Å². The molecule has 0 aliphatic heterocycles. The average molecular weight is 222 g/mol. The molecular formula is C12H18N2O2. The van der Waals surface area contributed by atoms with E-state index in [1.807, 2.05) is 13.0 Å². The highest BCUT2D eigenvalue weighted by Crippen LogP contribution is 2.12. The Labute approximate surface area is 95.8 Å². The number of carbonyl (C=O) groups is 1. The summed E-state index contributed by atoms with van der Waals surface area (Å²) in [6.07, 6.45) is 3.24. The molecule has 0 fully saturated rings. The Morgan fingerprint density at radius 3 is 2.94 bits per heavy atom. The average Bonchev–Trinajstić information content (AvgIpc) is 2.29. The molecule has 4 nitrogen and oxygen atoms in total. The Bertz CT molecular complexity index is 353. The number of nitrogens with two attached hydrogens (primary N) is 1. The number of pyridine rings is 1. The molecule has 1 heterocycles. The van der Waals surface area contributed by atoms with Crippen LogP contribution >= 0.6 is 0 Å². The fourth-order valence-electron chi connectivity index (χ4n) is 1.57. The van der Waals surface area contributed by atoms with Gasteiger partial charge in [-0.1, -0.05) is 19.4 Å². The monoisotopic (exact) mass is 222 g/mol. The second-order valence-electron chi connectivity index (χ2n) is 3.70. The van der Waals surface area contributed by atoms with Gasteiger partial charge in [0.15, 0.2) is 5.78 Å². The van der Waals surface area contributed by atoms with Crippen LogP contribution in [0.4, 0.5) is 5.82 Å². The number of hydrogen-bond donors (Lipinski definition) is 1. The zero-order valence-electron chi connectivity index (χ0n) is 9.77. The van der Waals surface area contributed by atoms with E-state index in [9.17, 15) is 4.79 Å². The van der Waals surface area contributed by atoms with Crippen molar-refractivity contribution < 1.29 is 9.53 Å². The molecule has 2 N–H and O–H groups in total. The lowest BCUT2D eigenvalue weighted by Gasteiger charge is -2.13. The van der Waals surface area contributed by atoms with Crippen LogP contribution in [0.3, 0.4) is 0 Å². The van der Waals surface area contributed by atoms with Gasteiger partial charge in [0, 0.05) is 25.3 Å². The molecule has 0 bridgehead atoms. The van der Waals surface area contributed by atoms with E-state index in [1.165, 1.54) is 0 Å². The van der Waals surface area contributed by atoms with E-state index >= 15 is 0 Å². The summed E-state index contributed by atoms with van der Waals surface area (Å²) in [6, 6.07) is 3.60. The number of Topliss-reactive ketones (excluding diaryl/α,β-unsaturated/α-hetero) is 1. The Morgan fingerprint density at radius 1 is 1.62 bits per heavy atom. The Balaban J connectivity index is 2.66. The maximum absolute atomic E-state index is 11.9. The van der Waals surface area contributed by atoms with Crippen LogP contribution in [0.25, 0.3) is 0 Å². The molecule has 1 unspecified atom stereocenters. The number of aromatic nitrogens is 1. The lowest BCUT2D eigenvalue weighted by atomic mass is 10.0. The molecule has 0 spiro atoms. The van der Waals surface area contributed by atoms with Crippen LogP contribution in [0, 0.1) is 0 Å². The molecule has 16 heavy (non-hydrogen) atoms. The predicted molar refractivity (Wildman–Crippen MR) is 63.1 cm³/mol. The summed E-state index contributed by atoms with van der Waals surface area (Å²) in [5.74, 6) is 0.478. The number of anilines is 1. The van der Waals surface area contributed by atoms with Crippen molar-refractivity contribution in [2.75, 3.05) is 12.8 Å². The first kappa shape index (κ1) is 12.6. The zero-order valence-corrected chi connectivity index (χ0v) is 9.77. The molecule has 0 amide bonds. The number of ketones is 1. The van der Waals surface area contributed by atoms with Crippen molar-refractivity contribution >= 4 is 11.6 Å². The van der Waals surface area contributed by atoms with E-state index in [-0.39, 0.29) is 18.3 Å². The molecule has 1 atom stereocenters. The van der Waals surface area contributed by atoms with E-state index < -0.39 is 0 Å². The molecule has 0 aliphatic rings. The van der Waals surface area contributed by atoms with Gasteiger partial charge in [0.05, 0.1) is 0 Å². The summed E-state index contributed by atoms with van der Waals surface area (Å²) in [6.45, 7) is 2.03. The van der Waals surface area contributed by atoms with E-state index in [4.69, 9.17) is 10.5 Å². The first-order chi connectivity index (χ1) is 7.69. The van der Waals surface area contributed by atoms with Gasteiger partial charge in [-0.3, -0.25) is 4.79 Å². The normalized spacial score (nSPS) is 12.4. The third kappa shape index (κ3) is 3.31. The molecule has 0 saturated heterocycles. The van der Waals surface area contributed by atoms with Crippen molar-refractivity contribution in [2.24, 2.45) is 0 Å². The molecule has 1 aromatic rings. The molecule has 0 aliphatic carbocycles. The predicted octanol–water partition coefficient (Wildman–Crippen LogP) is 1.59. The van der Waals surface area contributed by atoms with Gasteiger partial charge in [0.2, 0.25) is 0 Å². The molecule has 0 aromatic carbocycles. The van der Waals surface area contributed by atoms with Crippen molar-refractivity contribution in [1.82, 2.24) is 4.98 Å². The van der Waals surface area contributed by atoms with E-state index in [0.717, 1.165) is 18.4 Å². The highest BCUT2D eigenvalue weighted by atomic mass is 16.5. The second kappa shape index (κ2) is 6.23. The summed E-state index contributed by atoms with van der Waals surface area (Å²) < 4.78 is 5.15. The van der Waals surface area contributed by atoms with E-state index in [2.05, 4.69) is 4.98 Å². The van der Waals surface area contributed by atoms with Crippen LogP contribution < -0.4 is 5.73 Å². The lowest BCUT2D eigenvalue weighted by Crippen LogP contribution is -2.25. The Morgan fingerprint density at radius 2 is 2.38 bits per heavy atom. The van der Waals surface area contributed by atoms with Crippen molar-refractivity contribution in [3.05, 3.63) is 23.9 Å². The number of rotatable bonds is 6. The molecule has 0 saturated carbocycles. The number of nitrogens with zero attached hydrogens (tertiary/aromatic N) is 1. The van der Waals surface area contributed by atoms with Gasteiger partial charge in [-0.15, -0.1) is 0 Å². The van der Waals surface area contributed by atoms with Crippen LogP contribution in [0.2, 0.25) is 0 Å². The van der Waals surface area contributed by atoms with Crippen molar-refractivity contribution in [2.45, 2.75) is 32.3 Å². The smallest absolute Gasteiger partial charge is 0.166 e. The number of methoxy groups -OCH3 is 1. The summed E-state index contributed by atoms with van der Waals surface area (Å²) in [4.78, 5) is 15.8. The van der Waals surface area contributed by atoms with Crippen molar-refractivity contribution in [3.63, 3.8) is 0 Å². The molecule has 4 heteroatoms. The van der Waals surface area contributed by atoms with Gasteiger partial charge in [0.1, 0.15) is 11.9 Å². The number of hydrogen-bond acceptors (Lipinski definition) is 4. The van der Waals surface area contributed by atoms with Crippen molar-refractivity contribution in [1.29, 1.82) is 0 Å². The molecule has 1 aromatic heterocycles. The minimum atomic E-state index is -0.329. The van der Waals surface area contributed by atoms with Gasteiger partial charge in [-0.25, -0.2) is 4.98 Å². The molecule has 0 radical (unpaired) electrons. The van der Waals surface area contributed by atoms with Crippen LogP contribution in [-0.2, 0) is 16.0 Å². The summed E-state index contributed by atoms with van der Waals surface area (Å²) in [7, 11) is 1.56. The van der Waals surface area contributed by atoms with Gasteiger partial charge < -0.3 is 10.5 Å². The third-order valence-corrected chi connectivity index (χ3v) is 2.49. The lowest BCUT2D eigenvalue weighted by molar-refractivity contribution is -0.128. The topological polar surface area (TPSA) is 65.2 Å². The minimum Gasteiger partial charge on any atom is -0.383 e. The maximum Gasteiger partial charge on any atom is 0.166 e. The highest BCUT2D eigenvalue weighted by Gasteiger charge is 2.17. The summed E-state index contributed by atoms with van der Waals surface area (Å²) >= 11 is 0. The maximum atomic E-state index is 11.9. The quantitative estimate of drug-likeness (QED) is 0.793.